The highest BCUT2D eigenvalue weighted by molar-refractivity contribution is 8.00. The lowest BCUT2D eigenvalue weighted by atomic mass is 10.1. The van der Waals surface area contributed by atoms with Crippen LogP contribution in [0.5, 0.6) is 0 Å². The molecule has 3 rings (SSSR count). The molecule has 134 valence electrons. The van der Waals surface area contributed by atoms with E-state index >= 15 is 0 Å². The highest BCUT2D eigenvalue weighted by Crippen LogP contribution is 2.28. The van der Waals surface area contributed by atoms with Gasteiger partial charge in [0.1, 0.15) is 5.82 Å². The quantitative estimate of drug-likeness (QED) is 0.625. The van der Waals surface area contributed by atoms with Gasteiger partial charge < -0.3 is 5.73 Å². The standard InChI is InChI=1S/C19H19ClN4OS/c1-2-16(18(21)25)26-19-23-22-17(12-13-6-4-3-5-7-13)24(19)15-10-8-14(20)9-11-15/h3-11,16H,2,12H2,1H3,(H2,21,25). The third kappa shape index (κ3) is 4.26. The van der Waals surface area contributed by atoms with Gasteiger partial charge in [-0.1, -0.05) is 60.6 Å². The second kappa shape index (κ2) is 8.38. The van der Waals surface area contributed by atoms with Crippen molar-refractivity contribution in [2.75, 3.05) is 0 Å². The van der Waals surface area contributed by atoms with Gasteiger partial charge in [-0.15, -0.1) is 10.2 Å². The normalized spacial score (nSPS) is 12.1. The summed E-state index contributed by atoms with van der Waals surface area (Å²) >= 11 is 7.36. The summed E-state index contributed by atoms with van der Waals surface area (Å²) in [4.78, 5) is 11.7. The molecular formula is C19H19ClN4OS. The first-order chi connectivity index (χ1) is 12.6. The van der Waals surface area contributed by atoms with E-state index in [2.05, 4.69) is 10.2 Å². The number of halogens is 1. The average molecular weight is 387 g/mol. The molecule has 1 amide bonds. The Morgan fingerprint density at radius 2 is 1.85 bits per heavy atom. The van der Waals surface area contributed by atoms with Gasteiger partial charge in [0.15, 0.2) is 5.16 Å². The van der Waals surface area contributed by atoms with Crippen LogP contribution in [0, 0.1) is 0 Å². The van der Waals surface area contributed by atoms with Crippen LogP contribution in [0.3, 0.4) is 0 Å². The van der Waals surface area contributed by atoms with Gasteiger partial charge in [-0.25, -0.2) is 0 Å². The van der Waals surface area contributed by atoms with Crippen LogP contribution in [-0.4, -0.2) is 25.9 Å². The molecule has 26 heavy (non-hydrogen) atoms. The van der Waals surface area contributed by atoms with Crippen molar-refractivity contribution in [3.8, 4) is 5.69 Å². The van der Waals surface area contributed by atoms with Gasteiger partial charge >= 0.3 is 0 Å². The molecule has 0 saturated carbocycles. The minimum Gasteiger partial charge on any atom is -0.369 e. The zero-order valence-corrected chi connectivity index (χ0v) is 15.9. The SMILES string of the molecule is CCC(Sc1nnc(Cc2ccccc2)n1-c1ccc(Cl)cc1)C(N)=O. The summed E-state index contributed by atoms with van der Waals surface area (Å²) in [5, 5.41) is 9.63. The number of benzene rings is 2. The summed E-state index contributed by atoms with van der Waals surface area (Å²) in [7, 11) is 0. The van der Waals surface area contributed by atoms with Gasteiger partial charge in [-0.2, -0.15) is 0 Å². The highest BCUT2D eigenvalue weighted by atomic mass is 35.5. The Bertz CT molecular complexity index is 880. The molecule has 0 fully saturated rings. The summed E-state index contributed by atoms with van der Waals surface area (Å²) in [6, 6.07) is 17.5. The summed E-state index contributed by atoms with van der Waals surface area (Å²) < 4.78 is 1.96. The fourth-order valence-electron chi connectivity index (χ4n) is 2.59. The summed E-state index contributed by atoms with van der Waals surface area (Å²) in [6.45, 7) is 1.93. The van der Waals surface area contributed by atoms with Crippen molar-refractivity contribution in [1.82, 2.24) is 14.8 Å². The van der Waals surface area contributed by atoms with E-state index in [-0.39, 0.29) is 11.2 Å². The van der Waals surface area contributed by atoms with E-state index in [1.165, 1.54) is 11.8 Å². The van der Waals surface area contributed by atoms with Crippen LogP contribution >= 0.6 is 23.4 Å². The number of nitrogens with two attached hydrogens (primary N) is 1. The Labute approximate surface area is 161 Å². The number of hydrogen-bond acceptors (Lipinski definition) is 4. The van der Waals surface area contributed by atoms with E-state index in [0.717, 1.165) is 17.1 Å². The van der Waals surface area contributed by atoms with Crippen molar-refractivity contribution >= 4 is 29.3 Å². The maximum Gasteiger partial charge on any atom is 0.231 e. The summed E-state index contributed by atoms with van der Waals surface area (Å²) in [5.74, 6) is 0.438. The van der Waals surface area contributed by atoms with Crippen molar-refractivity contribution in [2.24, 2.45) is 5.73 Å². The van der Waals surface area contributed by atoms with E-state index in [1.54, 1.807) is 0 Å². The van der Waals surface area contributed by atoms with Gasteiger partial charge in [0.2, 0.25) is 5.91 Å². The number of carbonyl (C=O) groups excluding carboxylic acids is 1. The molecule has 1 atom stereocenters. The smallest absolute Gasteiger partial charge is 0.231 e. The molecule has 0 spiro atoms. The largest absolute Gasteiger partial charge is 0.369 e. The van der Waals surface area contributed by atoms with Crippen molar-refractivity contribution in [3.63, 3.8) is 0 Å². The molecule has 0 saturated heterocycles. The minimum atomic E-state index is -0.354. The predicted molar refractivity (Wildman–Crippen MR) is 105 cm³/mol. The van der Waals surface area contributed by atoms with E-state index < -0.39 is 0 Å². The van der Waals surface area contributed by atoms with Crippen molar-refractivity contribution in [1.29, 1.82) is 0 Å². The van der Waals surface area contributed by atoms with Crippen LogP contribution in [0.15, 0.2) is 59.8 Å². The third-order valence-electron chi connectivity index (χ3n) is 3.93. The maximum atomic E-state index is 11.7. The first kappa shape index (κ1) is 18.5. The van der Waals surface area contributed by atoms with Crippen LogP contribution in [0.2, 0.25) is 5.02 Å². The van der Waals surface area contributed by atoms with Crippen molar-refractivity contribution in [2.45, 2.75) is 30.2 Å². The van der Waals surface area contributed by atoms with Crippen LogP contribution in [0.4, 0.5) is 0 Å². The zero-order valence-electron chi connectivity index (χ0n) is 14.3. The minimum absolute atomic E-state index is 0.352. The number of carbonyl (C=O) groups is 1. The number of thioether (sulfide) groups is 1. The first-order valence-corrected chi connectivity index (χ1v) is 9.54. The molecule has 0 aliphatic heterocycles. The Balaban J connectivity index is 2.01. The monoisotopic (exact) mass is 386 g/mol. The third-order valence-corrected chi connectivity index (χ3v) is 5.50. The van der Waals surface area contributed by atoms with E-state index in [9.17, 15) is 4.79 Å². The van der Waals surface area contributed by atoms with E-state index in [1.807, 2.05) is 66.1 Å². The number of nitrogens with zero attached hydrogens (tertiary/aromatic N) is 3. The number of primary amides is 1. The topological polar surface area (TPSA) is 73.8 Å². The van der Waals surface area contributed by atoms with Gasteiger partial charge in [-0.05, 0) is 36.2 Å². The number of amides is 1. The zero-order chi connectivity index (χ0) is 18.5. The van der Waals surface area contributed by atoms with Gasteiger partial charge in [-0.3, -0.25) is 9.36 Å². The molecule has 0 aliphatic carbocycles. The Kier molecular flexibility index (Phi) is 5.96. The molecule has 1 aromatic heterocycles. The lowest BCUT2D eigenvalue weighted by Crippen LogP contribution is -2.25. The van der Waals surface area contributed by atoms with Crippen LogP contribution < -0.4 is 5.73 Å². The predicted octanol–water partition coefficient (Wildman–Crippen LogP) is 3.87. The average Bonchev–Trinajstić information content (AvgIpc) is 3.03. The molecule has 0 radical (unpaired) electrons. The molecule has 7 heteroatoms. The molecular weight excluding hydrogens is 368 g/mol. The van der Waals surface area contributed by atoms with Gasteiger partial charge in [0, 0.05) is 17.1 Å². The molecule has 3 aromatic rings. The Morgan fingerprint density at radius 1 is 1.15 bits per heavy atom. The molecule has 2 aromatic carbocycles. The molecule has 5 nitrogen and oxygen atoms in total. The number of hydrogen-bond donors (Lipinski definition) is 1. The van der Waals surface area contributed by atoms with E-state index in [4.69, 9.17) is 17.3 Å². The first-order valence-electron chi connectivity index (χ1n) is 8.28. The second-order valence-corrected chi connectivity index (χ2v) is 7.40. The number of rotatable bonds is 7. The lowest BCUT2D eigenvalue weighted by Gasteiger charge is -2.13. The van der Waals surface area contributed by atoms with Crippen LogP contribution in [-0.2, 0) is 11.2 Å². The lowest BCUT2D eigenvalue weighted by molar-refractivity contribution is -0.117. The summed E-state index contributed by atoms with van der Waals surface area (Å²) in [5.41, 5.74) is 7.53. The van der Waals surface area contributed by atoms with Crippen LogP contribution in [0.25, 0.3) is 5.69 Å². The molecule has 2 N–H and O–H groups in total. The highest BCUT2D eigenvalue weighted by Gasteiger charge is 2.21. The number of aromatic nitrogens is 3. The van der Waals surface area contributed by atoms with E-state index in [0.29, 0.717) is 23.0 Å². The van der Waals surface area contributed by atoms with Crippen molar-refractivity contribution in [3.05, 3.63) is 71.0 Å². The fraction of sp³-hybridized carbons (Fsp3) is 0.211. The molecule has 1 heterocycles. The summed E-state index contributed by atoms with van der Waals surface area (Å²) in [6.07, 6.45) is 1.26. The van der Waals surface area contributed by atoms with Gasteiger partial charge in [0.05, 0.1) is 5.25 Å². The molecule has 0 aliphatic rings. The second-order valence-electron chi connectivity index (χ2n) is 5.79. The molecule has 1 unspecified atom stereocenters. The van der Waals surface area contributed by atoms with Gasteiger partial charge in [0.25, 0.3) is 0 Å². The Hall–Kier alpha value is -2.31. The Morgan fingerprint density at radius 3 is 2.46 bits per heavy atom. The van der Waals surface area contributed by atoms with Crippen LogP contribution in [0.1, 0.15) is 24.7 Å². The van der Waals surface area contributed by atoms with Crippen molar-refractivity contribution < 1.29 is 4.79 Å². The molecule has 0 bridgehead atoms. The fourth-order valence-corrected chi connectivity index (χ4v) is 3.66. The maximum absolute atomic E-state index is 11.7.